The van der Waals surface area contributed by atoms with Crippen LogP contribution in [0.2, 0.25) is 0 Å². The lowest BCUT2D eigenvalue weighted by Gasteiger charge is -2.31. The van der Waals surface area contributed by atoms with Gasteiger partial charge < -0.3 is 4.90 Å². The van der Waals surface area contributed by atoms with Gasteiger partial charge in [-0.2, -0.15) is 0 Å². The van der Waals surface area contributed by atoms with E-state index in [9.17, 15) is 18.8 Å². The lowest BCUT2D eigenvalue weighted by molar-refractivity contribution is -0.123. The summed E-state index contributed by atoms with van der Waals surface area (Å²) in [7, 11) is 1.85. The molecule has 1 aliphatic carbocycles. The van der Waals surface area contributed by atoms with E-state index in [1.807, 2.05) is 11.9 Å². The molecule has 0 N–H and O–H groups in total. The molecule has 0 radical (unpaired) electrons. The number of rotatable bonds is 5. The second-order valence-corrected chi connectivity index (χ2v) is 9.22. The van der Waals surface area contributed by atoms with Gasteiger partial charge in [0.05, 0.1) is 11.4 Å². The summed E-state index contributed by atoms with van der Waals surface area (Å²) in [5.41, 5.74) is 1.79. The summed E-state index contributed by atoms with van der Waals surface area (Å²) in [5, 5.41) is -0.394. The molecule has 0 spiro atoms. The number of amides is 3. The summed E-state index contributed by atoms with van der Waals surface area (Å²) in [5.74, 6) is -0.864. The minimum Gasteiger partial charge on any atom is -0.339 e. The first-order valence-electron chi connectivity index (χ1n) is 10.8. The van der Waals surface area contributed by atoms with Crippen molar-refractivity contribution < 1.29 is 18.8 Å². The van der Waals surface area contributed by atoms with Crippen LogP contribution < -0.4 is 0 Å². The van der Waals surface area contributed by atoms with E-state index >= 15 is 0 Å². The molecule has 1 saturated carbocycles. The minimum atomic E-state index is -0.416. The Morgan fingerprint density at radius 3 is 2.62 bits per heavy atom. The van der Waals surface area contributed by atoms with Crippen LogP contribution >= 0.6 is 11.8 Å². The average molecular weight is 453 g/mol. The van der Waals surface area contributed by atoms with Gasteiger partial charge in [0.25, 0.3) is 17.1 Å². The molecule has 2 aliphatic rings. The third-order valence-corrected chi connectivity index (χ3v) is 6.88. The van der Waals surface area contributed by atoms with Gasteiger partial charge in [0.1, 0.15) is 5.82 Å². The van der Waals surface area contributed by atoms with Crippen molar-refractivity contribution in [2.45, 2.75) is 44.7 Å². The van der Waals surface area contributed by atoms with Crippen molar-refractivity contribution in [3.63, 3.8) is 0 Å². The number of imide groups is 1. The van der Waals surface area contributed by atoms with E-state index in [0.29, 0.717) is 16.7 Å². The number of thioether (sulfide) groups is 1. The fourth-order valence-electron chi connectivity index (χ4n) is 4.20. The average Bonchev–Trinajstić information content (AvgIpc) is 3.06. The Labute approximate surface area is 191 Å². The van der Waals surface area contributed by atoms with Crippen LogP contribution in [0.15, 0.2) is 53.4 Å². The summed E-state index contributed by atoms with van der Waals surface area (Å²) < 4.78 is 13.4. The van der Waals surface area contributed by atoms with E-state index in [1.165, 1.54) is 18.6 Å². The van der Waals surface area contributed by atoms with Crippen molar-refractivity contribution in [2.75, 3.05) is 7.05 Å². The summed E-state index contributed by atoms with van der Waals surface area (Å²) in [6, 6.07) is 13.2. The number of hydrogen-bond donors (Lipinski definition) is 0. The monoisotopic (exact) mass is 452 g/mol. The summed E-state index contributed by atoms with van der Waals surface area (Å²) in [6.07, 6.45) is 7.21. The molecule has 2 fully saturated rings. The van der Waals surface area contributed by atoms with Crippen LogP contribution in [-0.2, 0) is 11.3 Å². The maximum Gasteiger partial charge on any atom is 0.293 e. The van der Waals surface area contributed by atoms with Gasteiger partial charge in [-0.05, 0) is 66.1 Å². The third kappa shape index (κ3) is 4.93. The number of benzene rings is 2. The molecule has 0 bridgehead atoms. The molecule has 0 unspecified atom stereocenters. The molecule has 1 saturated heterocycles. The molecule has 0 atom stereocenters. The lowest BCUT2D eigenvalue weighted by Crippen LogP contribution is -2.38. The van der Waals surface area contributed by atoms with Crippen molar-refractivity contribution in [2.24, 2.45) is 0 Å². The van der Waals surface area contributed by atoms with E-state index in [4.69, 9.17) is 0 Å². The molecule has 4 rings (SSSR count). The van der Waals surface area contributed by atoms with Crippen LogP contribution in [0.25, 0.3) is 6.08 Å². The van der Waals surface area contributed by atoms with Gasteiger partial charge in [-0.3, -0.25) is 19.3 Å². The number of carbonyl (C=O) groups excluding carboxylic acids is 3. The van der Waals surface area contributed by atoms with Crippen LogP contribution in [0.3, 0.4) is 0 Å². The van der Waals surface area contributed by atoms with E-state index in [1.54, 1.807) is 42.5 Å². The molecule has 0 aromatic heterocycles. The Kier molecular flexibility index (Phi) is 6.74. The Balaban J connectivity index is 1.49. The second-order valence-electron chi connectivity index (χ2n) is 8.23. The van der Waals surface area contributed by atoms with E-state index in [-0.39, 0.29) is 23.4 Å². The normalized spacial score (nSPS) is 18.4. The van der Waals surface area contributed by atoms with Crippen molar-refractivity contribution in [1.29, 1.82) is 0 Å². The van der Waals surface area contributed by atoms with Crippen molar-refractivity contribution in [3.8, 4) is 0 Å². The first kappa shape index (κ1) is 22.3. The van der Waals surface area contributed by atoms with Crippen LogP contribution in [0.1, 0.15) is 53.6 Å². The zero-order chi connectivity index (χ0) is 22.7. The molecule has 5 nitrogen and oxygen atoms in total. The number of carbonyl (C=O) groups is 3. The summed E-state index contributed by atoms with van der Waals surface area (Å²) in [6.45, 7) is 0.0183. The van der Waals surface area contributed by atoms with Crippen molar-refractivity contribution in [1.82, 2.24) is 9.80 Å². The largest absolute Gasteiger partial charge is 0.339 e. The fourth-order valence-corrected chi connectivity index (χ4v) is 5.04. The molecular formula is C25H25FN2O3S. The van der Waals surface area contributed by atoms with Gasteiger partial charge in [0, 0.05) is 18.7 Å². The maximum absolute atomic E-state index is 13.4. The SMILES string of the molecule is CN(C(=O)c1cccc(/C=C2\SC(=O)N(Cc3cccc(F)c3)C2=O)c1)C1CCCCC1. The molecule has 1 heterocycles. The van der Waals surface area contributed by atoms with E-state index < -0.39 is 17.0 Å². The highest BCUT2D eigenvalue weighted by Gasteiger charge is 2.35. The molecule has 7 heteroatoms. The van der Waals surface area contributed by atoms with Gasteiger partial charge in [-0.15, -0.1) is 0 Å². The fraction of sp³-hybridized carbons (Fsp3) is 0.320. The van der Waals surface area contributed by atoms with Crippen molar-refractivity contribution in [3.05, 3.63) is 75.9 Å². The molecular weight excluding hydrogens is 427 g/mol. The predicted octanol–water partition coefficient (Wildman–Crippen LogP) is 5.47. The number of nitrogens with zero attached hydrogens (tertiary/aromatic N) is 2. The van der Waals surface area contributed by atoms with Gasteiger partial charge in [0.15, 0.2) is 0 Å². The van der Waals surface area contributed by atoms with Crippen LogP contribution in [-0.4, -0.2) is 39.9 Å². The predicted molar refractivity (Wildman–Crippen MR) is 123 cm³/mol. The summed E-state index contributed by atoms with van der Waals surface area (Å²) >= 11 is 0.853. The number of halogens is 1. The zero-order valence-electron chi connectivity index (χ0n) is 17.9. The molecule has 32 heavy (non-hydrogen) atoms. The maximum atomic E-state index is 13.4. The van der Waals surface area contributed by atoms with Gasteiger partial charge in [-0.25, -0.2) is 4.39 Å². The Morgan fingerprint density at radius 2 is 1.88 bits per heavy atom. The van der Waals surface area contributed by atoms with Crippen LogP contribution in [0.5, 0.6) is 0 Å². The topological polar surface area (TPSA) is 57.7 Å². The first-order valence-corrected chi connectivity index (χ1v) is 11.6. The summed E-state index contributed by atoms with van der Waals surface area (Å²) in [4.78, 5) is 41.4. The van der Waals surface area contributed by atoms with Gasteiger partial charge in [0.2, 0.25) is 0 Å². The Morgan fingerprint density at radius 1 is 1.12 bits per heavy atom. The molecule has 2 aromatic carbocycles. The smallest absolute Gasteiger partial charge is 0.293 e. The van der Waals surface area contributed by atoms with Crippen LogP contribution in [0, 0.1) is 5.82 Å². The second kappa shape index (κ2) is 9.69. The minimum absolute atomic E-state index is 0.0183. The van der Waals surface area contributed by atoms with Gasteiger partial charge in [-0.1, -0.05) is 43.5 Å². The first-order chi connectivity index (χ1) is 15.4. The zero-order valence-corrected chi connectivity index (χ0v) is 18.7. The van der Waals surface area contributed by atoms with E-state index in [2.05, 4.69) is 0 Å². The molecule has 1 aliphatic heterocycles. The van der Waals surface area contributed by atoms with Crippen LogP contribution in [0.4, 0.5) is 9.18 Å². The molecule has 166 valence electrons. The van der Waals surface area contributed by atoms with Gasteiger partial charge >= 0.3 is 0 Å². The Hall–Kier alpha value is -2.93. The molecule has 3 amide bonds. The highest BCUT2D eigenvalue weighted by molar-refractivity contribution is 8.18. The third-order valence-electron chi connectivity index (χ3n) is 5.98. The van der Waals surface area contributed by atoms with E-state index in [0.717, 1.165) is 42.3 Å². The Bertz CT molecular complexity index is 1080. The highest BCUT2D eigenvalue weighted by Crippen LogP contribution is 2.33. The van der Waals surface area contributed by atoms with Crippen molar-refractivity contribution >= 4 is 34.9 Å². The highest BCUT2D eigenvalue weighted by atomic mass is 32.2. The quantitative estimate of drug-likeness (QED) is 0.565. The lowest BCUT2D eigenvalue weighted by atomic mass is 9.94. The standard InChI is InChI=1S/C25H25FN2O3S/c1-27(21-11-3-2-4-12-21)23(29)19-9-5-7-17(13-19)15-22-24(30)28(25(31)32-22)16-18-8-6-10-20(26)14-18/h5-10,13-15,21H,2-4,11-12,16H2,1H3/b22-15-. The number of hydrogen-bond acceptors (Lipinski definition) is 4. The molecule has 2 aromatic rings.